The second-order valence-corrected chi connectivity index (χ2v) is 4.07. The van der Waals surface area contributed by atoms with E-state index in [2.05, 4.69) is 4.98 Å². The summed E-state index contributed by atoms with van der Waals surface area (Å²) in [6.45, 7) is 1.92. The minimum atomic E-state index is -0.497. The highest BCUT2D eigenvalue weighted by Crippen LogP contribution is 2.31. The number of anilines is 1. The number of thiophene rings is 1. The largest absolute Gasteiger partial charge is 0.397 e. The lowest BCUT2D eigenvalue weighted by Gasteiger charge is -1.93. The van der Waals surface area contributed by atoms with E-state index in [9.17, 15) is 4.79 Å². The Kier molecular flexibility index (Phi) is 1.89. The van der Waals surface area contributed by atoms with E-state index >= 15 is 0 Å². The molecule has 0 saturated carbocycles. The quantitative estimate of drug-likeness (QED) is 0.739. The summed E-state index contributed by atoms with van der Waals surface area (Å²) < 4.78 is 0. The molecule has 0 aromatic carbocycles. The number of aryl methyl sites for hydroxylation is 1. The molecule has 0 radical (unpaired) electrons. The van der Waals surface area contributed by atoms with Crippen molar-refractivity contribution >= 4 is 33.1 Å². The third-order valence-corrected chi connectivity index (χ3v) is 3.09. The highest BCUT2D eigenvalue weighted by molar-refractivity contribution is 7.21. The molecule has 0 atom stereocenters. The second-order valence-electron chi connectivity index (χ2n) is 3.07. The zero-order valence-corrected chi connectivity index (χ0v) is 8.39. The van der Waals surface area contributed by atoms with E-state index in [1.165, 1.54) is 11.3 Å². The van der Waals surface area contributed by atoms with Gasteiger partial charge in [0.25, 0.3) is 5.91 Å². The number of aromatic nitrogens is 1. The maximum absolute atomic E-state index is 11.0. The molecule has 0 aliphatic carbocycles. The summed E-state index contributed by atoms with van der Waals surface area (Å²) in [4.78, 5) is 16.3. The number of hydrogen-bond acceptors (Lipinski definition) is 4. The molecule has 2 aromatic rings. The minimum Gasteiger partial charge on any atom is -0.397 e. The average molecular weight is 207 g/mol. The number of nitrogen functional groups attached to an aromatic ring is 1. The summed E-state index contributed by atoms with van der Waals surface area (Å²) in [5, 5.41) is 0.809. The fraction of sp³-hybridized carbons (Fsp3) is 0.111. The Balaban J connectivity index is 2.80. The number of nitrogens with zero attached hydrogens (tertiary/aromatic N) is 1. The van der Waals surface area contributed by atoms with Crippen LogP contribution in [0.2, 0.25) is 0 Å². The fourth-order valence-corrected chi connectivity index (χ4v) is 2.19. The van der Waals surface area contributed by atoms with Gasteiger partial charge in [0.05, 0.1) is 5.69 Å². The lowest BCUT2D eigenvalue weighted by Crippen LogP contribution is -2.10. The van der Waals surface area contributed by atoms with Crippen molar-refractivity contribution in [1.82, 2.24) is 4.98 Å². The lowest BCUT2D eigenvalue weighted by atomic mass is 10.2. The summed E-state index contributed by atoms with van der Waals surface area (Å²) in [5.41, 5.74) is 12.4. The molecule has 0 unspecified atom stereocenters. The summed E-state index contributed by atoms with van der Waals surface area (Å²) in [6, 6.07) is 1.90. The molecule has 1 amide bonds. The third kappa shape index (κ3) is 1.22. The molecule has 0 aliphatic rings. The number of amides is 1. The number of primary amides is 1. The normalized spacial score (nSPS) is 10.6. The van der Waals surface area contributed by atoms with Gasteiger partial charge in [0, 0.05) is 11.6 Å². The first-order chi connectivity index (χ1) is 6.59. The highest BCUT2D eigenvalue weighted by Gasteiger charge is 2.14. The number of nitrogens with two attached hydrogens (primary N) is 2. The Morgan fingerprint density at radius 1 is 1.57 bits per heavy atom. The maximum Gasteiger partial charge on any atom is 0.260 e. The number of carbonyl (C=O) groups excluding carboxylic acids is 1. The van der Waals surface area contributed by atoms with E-state index in [4.69, 9.17) is 11.5 Å². The second kappa shape index (κ2) is 2.95. The van der Waals surface area contributed by atoms with E-state index < -0.39 is 5.91 Å². The molecule has 5 heteroatoms. The van der Waals surface area contributed by atoms with Gasteiger partial charge >= 0.3 is 0 Å². The van der Waals surface area contributed by atoms with Crippen LogP contribution in [0.4, 0.5) is 5.69 Å². The summed E-state index contributed by atoms with van der Waals surface area (Å²) in [7, 11) is 0. The van der Waals surface area contributed by atoms with Gasteiger partial charge in [-0.15, -0.1) is 11.3 Å². The molecule has 0 saturated heterocycles. The molecule has 72 valence electrons. The first kappa shape index (κ1) is 8.96. The molecular formula is C9H9N3OS. The van der Waals surface area contributed by atoms with Gasteiger partial charge < -0.3 is 11.5 Å². The van der Waals surface area contributed by atoms with Crippen LogP contribution in [-0.2, 0) is 0 Å². The smallest absolute Gasteiger partial charge is 0.260 e. The first-order valence-electron chi connectivity index (χ1n) is 4.04. The van der Waals surface area contributed by atoms with Gasteiger partial charge in [-0.2, -0.15) is 0 Å². The summed E-state index contributed by atoms with van der Waals surface area (Å²) >= 11 is 1.23. The van der Waals surface area contributed by atoms with Crippen molar-refractivity contribution in [3.05, 3.63) is 22.7 Å². The molecular weight excluding hydrogens is 198 g/mol. The Morgan fingerprint density at radius 3 is 2.93 bits per heavy atom. The molecule has 0 fully saturated rings. The fourth-order valence-electron chi connectivity index (χ4n) is 1.29. The Hall–Kier alpha value is -1.62. The van der Waals surface area contributed by atoms with E-state index in [1.807, 2.05) is 13.0 Å². The topological polar surface area (TPSA) is 82.0 Å². The monoisotopic (exact) mass is 207 g/mol. The van der Waals surface area contributed by atoms with E-state index in [0.717, 1.165) is 15.8 Å². The number of hydrogen-bond donors (Lipinski definition) is 2. The van der Waals surface area contributed by atoms with E-state index in [1.54, 1.807) is 6.20 Å². The van der Waals surface area contributed by atoms with Crippen molar-refractivity contribution in [3.63, 3.8) is 0 Å². The molecule has 0 spiro atoms. The molecule has 0 bridgehead atoms. The number of fused-ring (bicyclic) bond motifs is 1. The van der Waals surface area contributed by atoms with Gasteiger partial charge in [0.1, 0.15) is 9.71 Å². The van der Waals surface area contributed by atoms with Crippen molar-refractivity contribution in [2.45, 2.75) is 6.92 Å². The molecule has 2 rings (SSSR count). The number of carbonyl (C=O) groups is 1. The molecule has 4 N–H and O–H groups in total. The van der Waals surface area contributed by atoms with Crippen LogP contribution in [0, 0.1) is 6.92 Å². The molecule has 14 heavy (non-hydrogen) atoms. The van der Waals surface area contributed by atoms with Crippen LogP contribution in [0.1, 0.15) is 15.2 Å². The van der Waals surface area contributed by atoms with Crippen LogP contribution in [0.25, 0.3) is 10.2 Å². The zero-order chi connectivity index (χ0) is 10.3. The van der Waals surface area contributed by atoms with Gasteiger partial charge in [0.15, 0.2) is 0 Å². The highest BCUT2D eigenvalue weighted by atomic mass is 32.1. The summed E-state index contributed by atoms with van der Waals surface area (Å²) in [5.74, 6) is -0.497. The number of pyridine rings is 1. The van der Waals surface area contributed by atoms with Gasteiger partial charge in [-0.05, 0) is 18.6 Å². The summed E-state index contributed by atoms with van der Waals surface area (Å²) in [6.07, 6.45) is 1.74. The van der Waals surface area contributed by atoms with Crippen LogP contribution in [0.15, 0.2) is 12.3 Å². The molecule has 2 heterocycles. The van der Waals surface area contributed by atoms with Crippen molar-refractivity contribution in [2.24, 2.45) is 5.73 Å². The van der Waals surface area contributed by atoms with E-state index in [0.29, 0.717) is 10.6 Å². The molecule has 4 nitrogen and oxygen atoms in total. The Morgan fingerprint density at radius 2 is 2.29 bits per heavy atom. The van der Waals surface area contributed by atoms with Crippen molar-refractivity contribution in [3.8, 4) is 0 Å². The van der Waals surface area contributed by atoms with E-state index in [-0.39, 0.29) is 0 Å². The van der Waals surface area contributed by atoms with Crippen LogP contribution >= 0.6 is 11.3 Å². The predicted molar refractivity (Wildman–Crippen MR) is 57.3 cm³/mol. The van der Waals surface area contributed by atoms with Crippen LogP contribution in [0.5, 0.6) is 0 Å². The first-order valence-corrected chi connectivity index (χ1v) is 4.85. The molecule has 0 aliphatic heterocycles. The third-order valence-electron chi connectivity index (χ3n) is 1.95. The number of rotatable bonds is 1. The van der Waals surface area contributed by atoms with Crippen molar-refractivity contribution in [2.75, 3.05) is 5.73 Å². The Bertz CT molecular complexity index is 518. The van der Waals surface area contributed by atoms with Gasteiger partial charge in [-0.1, -0.05) is 0 Å². The van der Waals surface area contributed by atoms with Gasteiger partial charge in [0.2, 0.25) is 0 Å². The van der Waals surface area contributed by atoms with Gasteiger partial charge in [-0.3, -0.25) is 4.79 Å². The Labute approximate surface area is 84.5 Å². The lowest BCUT2D eigenvalue weighted by molar-refractivity contribution is 0.100. The molecule has 2 aromatic heterocycles. The maximum atomic E-state index is 11.0. The predicted octanol–water partition coefficient (Wildman–Crippen LogP) is 1.29. The van der Waals surface area contributed by atoms with Crippen LogP contribution < -0.4 is 11.5 Å². The zero-order valence-electron chi connectivity index (χ0n) is 7.57. The van der Waals surface area contributed by atoms with Gasteiger partial charge in [-0.25, -0.2) is 4.98 Å². The standard InChI is InChI=1S/C9H9N3OS/c1-4-2-5-6(10)7(8(11)13)14-9(5)12-3-4/h2-3H,10H2,1H3,(H2,11,13). The SMILES string of the molecule is Cc1cnc2sc(C(N)=O)c(N)c2c1. The van der Waals surface area contributed by atoms with Crippen LogP contribution in [-0.4, -0.2) is 10.9 Å². The van der Waals surface area contributed by atoms with Crippen LogP contribution in [0.3, 0.4) is 0 Å². The van der Waals surface area contributed by atoms with Crippen molar-refractivity contribution in [1.29, 1.82) is 0 Å². The average Bonchev–Trinajstić information content (AvgIpc) is 2.44. The van der Waals surface area contributed by atoms with Crippen molar-refractivity contribution < 1.29 is 4.79 Å². The minimum absolute atomic E-state index is 0.387.